The highest BCUT2D eigenvalue weighted by Gasteiger charge is 2.04. The van der Waals surface area contributed by atoms with Gasteiger partial charge in [0.2, 0.25) is 6.41 Å². The lowest BCUT2D eigenvalue weighted by Gasteiger charge is -2.11. The third kappa shape index (κ3) is 2.08. The van der Waals surface area contributed by atoms with Crippen LogP contribution in [-0.4, -0.2) is 23.0 Å². The number of hydrogen-bond donors (Lipinski definition) is 0. The molecule has 0 saturated heterocycles. The van der Waals surface area contributed by atoms with Crippen LogP contribution < -0.4 is 0 Å². The lowest BCUT2D eigenvalue weighted by atomic mass is 10.3. The summed E-state index contributed by atoms with van der Waals surface area (Å²) in [6.45, 7) is 4.96. The van der Waals surface area contributed by atoms with E-state index in [2.05, 4.69) is 5.16 Å². The van der Waals surface area contributed by atoms with Gasteiger partial charge in [0.1, 0.15) is 11.5 Å². The Morgan fingerprint density at radius 2 is 2.50 bits per heavy atom. The van der Waals surface area contributed by atoms with Gasteiger partial charge in [0.15, 0.2) is 0 Å². The quantitative estimate of drug-likeness (QED) is 0.629. The maximum atomic E-state index is 10.4. The van der Waals surface area contributed by atoms with E-state index in [-0.39, 0.29) is 0 Å². The van der Waals surface area contributed by atoms with Crippen LogP contribution in [0, 0.1) is 6.92 Å². The van der Waals surface area contributed by atoms with Gasteiger partial charge in [-0.25, -0.2) is 0 Å². The summed E-state index contributed by atoms with van der Waals surface area (Å²) >= 11 is 0. The van der Waals surface area contributed by atoms with Crippen LogP contribution in [0.3, 0.4) is 0 Å². The number of carbonyl (C=O) groups excluding carboxylic acids is 1. The molecule has 1 amide bonds. The summed E-state index contributed by atoms with van der Waals surface area (Å²) in [7, 11) is 0. The third-order valence-electron chi connectivity index (χ3n) is 1.60. The van der Waals surface area contributed by atoms with Gasteiger partial charge in [-0.3, -0.25) is 4.79 Å². The van der Waals surface area contributed by atoms with Crippen LogP contribution in [0.2, 0.25) is 0 Å². The zero-order valence-corrected chi connectivity index (χ0v) is 7.28. The summed E-state index contributed by atoms with van der Waals surface area (Å²) in [6, 6.07) is 1.83. The second-order valence-electron chi connectivity index (χ2n) is 2.60. The highest BCUT2D eigenvalue weighted by Crippen LogP contribution is 2.03. The normalized spacial score (nSPS) is 9.83. The minimum Gasteiger partial charge on any atom is -0.361 e. The molecule has 1 aromatic heterocycles. The van der Waals surface area contributed by atoms with E-state index < -0.39 is 0 Å². The van der Waals surface area contributed by atoms with Crippen LogP contribution in [-0.2, 0) is 11.3 Å². The smallest absolute Gasteiger partial charge is 0.210 e. The molecule has 4 nitrogen and oxygen atoms in total. The number of carbonyl (C=O) groups is 1. The van der Waals surface area contributed by atoms with Crippen molar-refractivity contribution in [3.05, 3.63) is 17.5 Å². The van der Waals surface area contributed by atoms with Crippen molar-refractivity contribution in [2.45, 2.75) is 20.4 Å². The molecule has 1 aromatic rings. The fourth-order valence-electron chi connectivity index (χ4n) is 0.924. The Balaban J connectivity index is 2.56. The first-order valence-corrected chi connectivity index (χ1v) is 3.87. The van der Waals surface area contributed by atoms with Crippen LogP contribution in [0.1, 0.15) is 18.4 Å². The van der Waals surface area contributed by atoms with E-state index in [1.807, 2.05) is 19.9 Å². The Kier molecular flexibility index (Phi) is 2.85. The maximum Gasteiger partial charge on any atom is 0.210 e. The van der Waals surface area contributed by atoms with Crippen molar-refractivity contribution in [1.29, 1.82) is 0 Å². The zero-order valence-electron chi connectivity index (χ0n) is 7.28. The second kappa shape index (κ2) is 3.90. The number of nitrogens with zero attached hydrogens (tertiary/aromatic N) is 2. The molecule has 0 atom stereocenters. The average Bonchev–Trinajstić information content (AvgIpc) is 2.47. The lowest BCUT2D eigenvalue weighted by molar-refractivity contribution is -0.118. The molecule has 1 heterocycles. The van der Waals surface area contributed by atoms with Gasteiger partial charge in [0, 0.05) is 12.6 Å². The number of aryl methyl sites for hydroxylation is 1. The highest BCUT2D eigenvalue weighted by molar-refractivity contribution is 5.46. The maximum absolute atomic E-state index is 10.4. The predicted octanol–water partition coefficient (Wildman–Crippen LogP) is 0.961. The Bertz CT molecular complexity index is 257. The molecule has 0 aromatic carbocycles. The minimum absolute atomic E-state index is 0.525. The summed E-state index contributed by atoms with van der Waals surface area (Å²) < 4.78 is 4.86. The second-order valence-corrected chi connectivity index (χ2v) is 2.60. The SMILES string of the molecule is CCN(C=O)Cc1cc(C)on1. The molecule has 0 unspecified atom stereocenters. The molecular formula is C8H12N2O2. The molecule has 0 aliphatic heterocycles. The highest BCUT2D eigenvalue weighted by atomic mass is 16.5. The van der Waals surface area contributed by atoms with Crippen LogP contribution >= 0.6 is 0 Å². The number of aromatic nitrogens is 1. The standard InChI is InChI=1S/C8H12N2O2/c1-3-10(6-11)5-8-4-7(2)12-9-8/h4,6H,3,5H2,1-2H3. The number of hydrogen-bond acceptors (Lipinski definition) is 3. The van der Waals surface area contributed by atoms with Crippen molar-refractivity contribution in [1.82, 2.24) is 10.1 Å². The molecule has 0 radical (unpaired) electrons. The topological polar surface area (TPSA) is 46.3 Å². The first kappa shape index (κ1) is 8.77. The lowest BCUT2D eigenvalue weighted by Crippen LogP contribution is -2.20. The van der Waals surface area contributed by atoms with Crippen LogP contribution in [0.4, 0.5) is 0 Å². The summed E-state index contributed by atoms with van der Waals surface area (Å²) in [4.78, 5) is 12.0. The van der Waals surface area contributed by atoms with Gasteiger partial charge in [-0.1, -0.05) is 5.16 Å². The largest absolute Gasteiger partial charge is 0.361 e. The Labute approximate surface area is 71.1 Å². The predicted molar refractivity (Wildman–Crippen MR) is 43.4 cm³/mol. The summed E-state index contributed by atoms with van der Waals surface area (Å²) in [5.41, 5.74) is 0.793. The van der Waals surface area contributed by atoms with Crippen LogP contribution in [0.5, 0.6) is 0 Å². The Morgan fingerprint density at radius 3 is 2.92 bits per heavy atom. The van der Waals surface area contributed by atoms with Crippen molar-refractivity contribution in [2.24, 2.45) is 0 Å². The first-order valence-electron chi connectivity index (χ1n) is 3.87. The van der Waals surface area contributed by atoms with E-state index in [1.54, 1.807) is 4.90 Å². The van der Waals surface area contributed by atoms with E-state index in [1.165, 1.54) is 0 Å². The third-order valence-corrected chi connectivity index (χ3v) is 1.60. The molecule has 12 heavy (non-hydrogen) atoms. The van der Waals surface area contributed by atoms with E-state index in [0.29, 0.717) is 13.1 Å². The van der Waals surface area contributed by atoms with Gasteiger partial charge >= 0.3 is 0 Å². The van der Waals surface area contributed by atoms with Crippen molar-refractivity contribution in [3.8, 4) is 0 Å². The van der Waals surface area contributed by atoms with Gasteiger partial charge in [-0.15, -0.1) is 0 Å². The van der Waals surface area contributed by atoms with Crippen molar-refractivity contribution in [2.75, 3.05) is 6.54 Å². The minimum atomic E-state index is 0.525. The van der Waals surface area contributed by atoms with Crippen LogP contribution in [0.15, 0.2) is 10.6 Å². The molecule has 1 rings (SSSR count). The monoisotopic (exact) mass is 168 g/mol. The van der Waals surface area contributed by atoms with Gasteiger partial charge in [0.25, 0.3) is 0 Å². The van der Waals surface area contributed by atoms with Crippen molar-refractivity contribution in [3.63, 3.8) is 0 Å². The average molecular weight is 168 g/mol. The van der Waals surface area contributed by atoms with E-state index >= 15 is 0 Å². The van der Waals surface area contributed by atoms with E-state index in [4.69, 9.17) is 4.52 Å². The molecule has 4 heteroatoms. The molecule has 0 fully saturated rings. The molecule has 0 aliphatic rings. The van der Waals surface area contributed by atoms with Crippen molar-refractivity contribution < 1.29 is 9.32 Å². The van der Waals surface area contributed by atoms with Gasteiger partial charge in [-0.05, 0) is 13.8 Å². The summed E-state index contributed by atoms with van der Waals surface area (Å²) in [6.07, 6.45) is 0.810. The molecule has 66 valence electrons. The number of rotatable bonds is 4. The van der Waals surface area contributed by atoms with Crippen LogP contribution in [0.25, 0.3) is 0 Å². The number of amides is 1. The molecule has 0 aliphatic carbocycles. The summed E-state index contributed by atoms with van der Waals surface area (Å²) in [5.74, 6) is 0.770. The zero-order chi connectivity index (χ0) is 8.97. The summed E-state index contributed by atoms with van der Waals surface area (Å²) in [5, 5.41) is 3.78. The Hall–Kier alpha value is -1.32. The van der Waals surface area contributed by atoms with Gasteiger partial charge < -0.3 is 9.42 Å². The van der Waals surface area contributed by atoms with E-state index in [9.17, 15) is 4.79 Å². The van der Waals surface area contributed by atoms with Crippen molar-refractivity contribution >= 4 is 6.41 Å². The van der Waals surface area contributed by atoms with E-state index in [0.717, 1.165) is 17.9 Å². The molecule has 0 N–H and O–H groups in total. The van der Waals surface area contributed by atoms with Gasteiger partial charge in [0.05, 0.1) is 6.54 Å². The fraction of sp³-hybridized carbons (Fsp3) is 0.500. The fourth-order valence-corrected chi connectivity index (χ4v) is 0.924. The first-order chi connectivity index (χ1) is 5.76. The van der Waals surface area contributed by atoms with Gasteiger partial charge in [-0.2, -0.15) is 0 Å². The molecule has 0 spiro atoms. The molecule has 0 saturated carbocycles. The molecule has 0 bridgehead atoms. The Morgan fingerprint density at radius 1 is 1.75 bits per heavy atom. The molecular weight excluding hydrogens is 156 g/mol.